The van der Waals surface area contributed by atoms with Gasteiger partial charge in [0.1, 0.15) is 0 Å². The number of rotatable bonds is 1. The van der Waals surface area contributed by atoms with Crippen molar-refractivity contribution in [1.29, 1.82) is 0 Å². The molecule has 0 N–H and O–H groups in total. The fourth-order valence-corrected chi connectivity index (χ4v) is 2.55. The molecule has 0 bridgehead atoms. The number of nitro benzene ring substituents is 1. The van der Waals surface area contributed by atoms with Gasteiger partial charge >= 0.3 is 0 Å². The molecule has 2 aromatic carbocycles. The van der Waals surface area contributed by atoms with Crippen LogP contribution in [0.15, 0.2) is 42.5 Å². The molecule has 1 unspecified atom stereocenters. The van der Waals surface area contributed by atoms with Crippen LogP contribution in [0.3, 0.4) is 0 Å². The van der Waals surface area contributed by atoms with Crippen molar-refractivity contribution in [3.05, 3.63) is 63.7 Å². The predicted molar refractivity (Wildman–Crippen MR) is 66.0 cm³/mol. The first-order chi connectivity index (χ1) is 8.18. The van der Waals surface area contributed by atoms with Crippen LogP contribution in [-0.4, -0.2) is 4.92 Å². The lowest BCUT2D eigenvalue weighted by Crippen LogP contribution is -1.92. The maximum Gasteiger partial charge on any atom is 0.269 e. The number of benzene rings is 2. The molecule has 3 nitrogen and oxygen atoms in total. The maximum atomic E-state index is 10.8. The summed E-state index contributed by atoms with van der Waals surface area (Å²) in [6.07, 6.45) is 0. The second kappa shape index (κ2) is 3.42. The van der Waals surface area contributed by atoms with Crippen LogP contribution in [0.25, 0.3) is 11.1 Å². The van der Waals surface area contributed by atoms with Crippen molar-refractivity contribution in [2.24, 2.45) is 0 Å². The minimum atomic E-state index is -0.337. The van der Waals surface area contributed by atoms with E-state index in [9.17, 15) is 10.1 Å². The summed E-state index contributed by atoms with van der Waals surface area (Å²) in [5.41, 5.74) is 4.80. The molecule has 0 aromatic heterocycles. The molecule has 1 aliphatic carbocycles. The van der Waals surface area contributed by atoms with Crippen LogP contribution in [0, 0.1) is 10.1 Å². The third-order valence-electron chi connectivity index (χ3n) is 3.43. The van der Waals surface area contributed by atoms with E-state index in [1.807, 2.05) is 18.2 Å². The van der Waals surface area contributed by atoms with Crippen molar-refractivity contribution in [2.45, 2.75) is 12.8 Å². The van der Waals surface area contributed by atoms with E-state index >= 15 is 0 Å². The highest BCUT2D eigenvalue weighted by Gasteiger charge is 2.26. The van der Waals surface area contributed by atoms with Crippen molar-refractivity contribution in [1.82, 2.24) is 0 Å². The van der Waals surface area contributed by atoms with Crippen molar-refractivity contribution >= 4 is 5.69 Å². The summed E-state index contributed by atoms with van der Waals surface area (Å²) in [4.78, 5) is 10.4. The van der Waals surface area contributed by atoms with Gasteiger partial charge in [0, 0.05) is 18.1 Å². The number of nitrogens with zero attached hydrogens (tertiary/aromatic N) is 1. The summed E-state index contributed by atoms with van der Waals surface area (Å²) >= 11 is 0. The van der Waals surface area contributed by atoms with E-state index in [4.69, 9.17) is 0 Å². The van der Waals surface area contributed by atoms with Gasteiger partial charge < -0.3 is 0 Å². The van der Waals surface area contributed by atoms with Crippen molar-refractivity contribution in [3.8, 4) is 11.1 Å². The molecule has 0 fully saturated rings. The average molecular weight is 225 g/mol. The zero-order valence-corrected chi connectivity index (χ0v) is 9.38. The molecule has 0 saturated heterocycles. The van der Waals surface area contributed by atoms with Crippen molar-refractivity contribution in [3.63, 3.8) is 0 Å². The summed E-state index contributed by atoms with van der Waals surface area (Å²) in [7, 11) is 0. The summed E-state index contributed by atoms with van der Waals surface area (Å²) in [6.45, 7) is 2.09. The molecule has 2 aromatic rings. The Bertz CT molecular complexity index is 619. The molecular formula is C14H11NO2. The molecule has 1 aliphatic rings. The normalized spacial score (nSPS) is 16.4. The second-order valence-electron chi connectivity index (χ2n) is 4.34. The topological polar surface area (TPSA) is 43.1 Å². The van der Waals surface area contributed by atoms with Gasteiger partial charge in [-0.25, -0.2) is 0 Å². The van der Waals surface area contributed by atoms with Crippen LogP contribution in [0.2, 0.25) is 0 Å². The molecule has 17 heavy (non-hydrogen) atoms. The molecule has 0 spiro atoms. The van der Waals surface area contributed by atoms with Gasteiger partial charge in [0.2, 0.25) is 0 Å². The third kappa shape index (κ3) is 1.35. The highest BCUT2D eigenvalue weighted by Crippen LogP contribution is 2.45. The average Bonchev–Trinajstić information content (AvgIpc) is 2.64. The number of nitro groups is 1. The highest BCUT2D eigenvalue weighted by molar-refractivity contribution is 5.79. The van der Waals surface area contributed by atoms with Crippen LogP contribution >= 0.6 is 0 Å². The Balaban J connectivity index is 2.24. The van der Waals surface area contributed by atoms with Crippen LogP contribution in [-0.2, 0) is 0 Å². The molecule has 0 aliphatic heterocycles. The van der Waals surface area contributed by atoms with Gasteiger partial charge in [-0.2, -0.15) is 0 Å². The highest BCUT2D eigenvalue weighted by atomic mass is 16.6. The van der Waals surface area contributed by atoms with Gasteiger partial charge in [0.05, 0.1) is 4.92 Å². The lowest BCUT2D eigenvalue weighted by molar-refractivity contribution is -0.384. The molecule has 3 heteroatoms. The van der Waals surface area contributed by atoms with E-state index in [-0.39, 0.29) is 16.5 Å². The fraction of sp³-hybridized carbons (Fsp3) is 0.143. The van der Waals surface area contributed by atoms with Gasteiger partial charge in [-0.3, -0.25) is 10.1 Å². The molecule has 3 rings (SSSR count). The minimum absolute atomic E-state index is 0.170. The van der Waals surface area contributed by atoms with Crippen LogP contribution in [0.4, 0.5) is 5.69 Å². The fourth-order valence-electron chi connectivity index (χ4n) is 2.55. The third-order valence-corrected chi connectivity index (χ3v) is 3.43. The lowest BCUT2D eigenvalue weighted by atomic mass is 9.99. The first-order valence-corrected chi connectivity index (χ1v) is 5.56. The Hall–Kier alpha value is -2.16. The van der Waals surface area contributed by atoms with Gasteiger partial charge in [0.25, 0.3) is 5.69 Å². The van der Waals surface area contributed by atoms with Crippen LogP contribution in [0.1, 0.15) is 24.0 Å². The summed E-state index contributed by atoms with van der Waals surface area (Å²) in [6, 6.07) is 13.3. The maximum absolute atomic E-state index is 10.8. The zero-order chi connectivity index (χ0) is 12.0. The molecular weight excluding hydrogens is 214 g/mol. The predicted octanol–water partition coefficient (Wildman–Crippen LogP) is 3.73. The van der Waals surface area contributed by atoms with E-state index in [2.05, 4.69) is 19.1 Å². The van der Waals surface area contributed by atoms with Crippen LogP contribution in [0.5, 0.6) is 0 Å². The standard InChI is InChI=1S/C14H11NO2/c1-9-11-4-2-3-5-12(11)13-7-6-10(15(16)17)8-14(9)13/h2-9H,1H3. The quantitative estimate of drug-likeness (QED) is 0.548. The molecule has 0 amide bonds. The largest absolute Gasteiger partial charge is 0.269 e. The Morgan fingerprint density at radius 2 is 1.76 bits per heavy atom. The van der Waals surface area contributed by atoms with E-state index in [0.29, 0.717) is 0 Å². The van der Waals surface area contributed by atoms with Crippen LogP contribution < -0.4 is 0 Å². The summed E-state index contributed by atoms with van der Waals surface area (Å²) in [5.74, 6) is 0.237. The number of fused-ring (bicyclic) bond motifs is 3. The number of hydrogen-bond donors (Lipinski definition) is 0. The van der Waals surface area contributed by atoms with E-state index in [0.717, 1.165) is 11.1 Å². The Kier molecular flexibility index (Phi) is 2.01. The van der Waals surface area contributed by atoms with Crippen molar-refractivity contribution < 1.29 is 4.92 Å². The molecule has 84 valence electrons. The Morgan fingerprint density at radius 1 is 1.06 bits per heavy atom. The van der Waals surface area contributed by atoms with Crippen molar-refractivity contribution in [2.75, 3.05) is 0 Å². The first kappa shape index (κ1) is 10.0. The molecule has 0 saturated carbocycles. The van der Waals surface area contributed by atoms with E-state index in [1.165, 1.54) is 11.1 Å². The second-order valence-corrected chi connectivity index (χ2v) is 4.34. The Labute approximate surface area is 98.9 Å². The SMILES string of the molecule is CC1c2ccccc2-c2ccc([N+](=O)[O-])cc21. The lowest BCUT2D eigenvalue weighted by Gasteiger charge is -2.05. The van der Waals surface area contributed by atoms with Gasteiger partial charge in [-0.15, -0.1) is 0 Å². The molecule has 0 heterocycles. The zero-order valence-electron chi connectivity index (χ0n) is 9.38. The van der Waals surface area contributed by atoms with Gasteiger partial charge in [0.15, 0.2) is 0 Å². The molecule has 0 radical (unpaired) electrons. The summed E-state index contributed by atoms with van der Waals surface area (Å²) in [5, 5.41) is 10.8. The minimum Gasteiger partial charge on any atom is -0.258 e. The van der Waals surface area contributed by atoms with Gasteiger partial charge in [-0.05, 0) is 28.3 Å². The van der Waals surface area contributed by atoms with Gasteiger partial charge in [-0.1, -0.05) is 31.2 Å². The molecule has 1 atom stereocenters. The Morgan fingerprint density at radius 3 is 2.53 bits per heavy atom. The first-order valence-electron chi connectivity index (χ1n) is 5.56. The summed E-state index contributed by atoms with van der Waals surface area (Å²) < 4.78 is 0. The van der Waals surface area contributed by atoms with E-state index < -0.39 is 0 Å². The number of non-ortho nitro benzene ring substituents is 1. The smallest absolute Gasteiger partial charge is 0.258 e. The monoisotopic (exact) mass is 225 g/mol. The number of hydrogen-bond acceptors (Lipinski definition) is 2. The van der Waals surface area contributed by atoms with E-state index in [1.54, 1.807) is 12.1 Å².